The summed E-state index contributed by atoms with van der Waals surface area (Å²) in [5.74, 6) is 0.794. The van der Waals surface area contributed by atoms with Crippen molar-refractivity contribution in [3.63, 3.8) is 0 Å². The molecule has 1 atom stereocenters. The van der Waals surface area contributed by atoms with Gasteiger partial charge in [-0.1, -0.05) is 35.9 Å². The predicted octanol–water partition coefficient (Wildman–Crippen LogP) is 4.57. The van der Waals surface area contributed by atoms with Gasteiger partial charge in [-0.2, -0.15) is 0 Å². The molecular formula is C19H16ClN3O. The first-order chi connectivity index (χ1) is 11.6. The smallest absolute Gasteiger partial charge is 0.209 e. The summed E-state index contributed by atoms with van der Waals surface area (Å²) in [6, 6.07) is 15.4. The number of fused-ring (bicyclic) bond motifs is 3. The first kappa shape index (κ1) is 15.0. The van der Waals surface area contributed by atoms with Gasteiger partial charge in [-0.3, -0.25) is 9.36 Å². The lowest BCUT2D eigenvalue weighted by Gasteiger charge is -2.30. The number of allylic oxidation sites excluding steroid dienone is 2. The number of nitrogens with zero attached hydrogens (tertiary/aromatic N) is 2. The highest BCUT2D eigenvalue weighted by Gasteiger charge is 2.32. The average Bonchev–Trinajstić information content (AvgIpc) is 2.92. The van der Waals surface area contributed by atoms with E-state index in [1.807, 2.05) is 55.5 Å². The molecule has 3 aromatic rings. The second kappa shape index (κ2) is 5.49. The third kappa shape index (κ3) is 2.22. The van der Waals surface area contributed by atoms with Gasteiger partial charge in [0, 0.05) is 16.3 Å². The van der Waals surface area contributed by atoms with Crippen LogP contribution in [0.2, 0.25) is 5.02 Å². The van der Waals surface area contributed by atoms with Crippen LogP contribution in [0.1, 0.15) is 25.5 Å². The Morgan fingerprint density at radius 3 is 2.58 bits per heavy atom. The van der Waals surface area contributed by atoms with Gasteiger partial charge in [0.25, 0.3) is 0 Å². The van der Waals surface area contributed by atoms with E-state index in [2.05, 4.69) is 14.9 Å². The summed E-state index contributed by atoms with van der Waals surface area (Å²) >= 11 is 6.04. The SMILES string of the molecule is CC(=O)C1=C(C)Nc2nc3ccccc3n2[C@H]1c1ccc(Cl)cc1. The number of rotatable bonds is 2. The molecule has 2 heterocycles. The van der Waals surface area contributed by atoms with E-state index in [0.717, 1.165) is 33.8 Å². The third-order valence-corrected chi connectivity index (χ3v) is 4.65. The number of para-hydroxylation sites is 2. The Labute approximate surface area is 144 Å². The first-order valence-corrected chi connectivity index (χ1v) is 8.15. The molecule has 5 heteroatoms. The fourth-order valence-electron chi connectivity index (χ4n) is 3.38. The number of anilines is 1. The van der Waals surface area contributed by atoms with E-state index in [9.17, 15) is 4.79 Å². The van der Waals surface area contributed by atoms with E-state index in [1.165, 1.54) is 0 Å². The Hall–Kier alpha value is -2.59. The standard InChI is InChI=1S/C19H16ClN3O/c1-11-17(12(2)24)18(13-7-9-14(20)10-8-13)23-16-6-4-3-5-15(16)22-19(23)21-11/h3-10,18H,1-2H3,(H,21,22)/t18-/m0/s1. The van der Waals surface area contributed by atoms with Crippen LogP contribution in [0, 0.1) is 0 Å². The van der Waals surface area contributed by atoms with Crippen molar-refractivity contribution >= 4 is 34.4 Å². The van der Waals surface area contributed by atoms with Crippen LogP contribution >= 0.6 is 11.6 Å². The van der Waals surface area contributed by atoms with Gasteiger partial charge in [-0.05, 0) is 43.7 Å². The Balaban J connectivity index is 2.03. The first-order valence-electron chi connectivity index (χ1n) is 7.77. The molecule has 0 amide bonds. The van der Waals surface area contributed by atoms with E-state index in [4.69, 9.17) is 11.6 Å². The molecule has 0 saturated carbocycles. The van der Waals surface area contributed by atoms with Crippen LogP contribution in [0.5, 0.6) is 0 Å². The largest absolute Gasteiger partial charge is 0.329 e. The summed E-state index contributed by atoms with van der Waals surface area (Å²) in [4.78, 5) is 17.0. The number of aromatic nitrogens is 2. The highest BCUT2D eigenvalue weighted by atomic mass is 35.5. The monoisotopic (exact) mass is 337 g/mol. The molecule has 0 saturated heterocycles. The lowest BCUT2D eigenvalue weighted by Crippen LogP contribution is -2.26. The van der Waals surface area contributed by atoms with E-state index in [-0.39, 0.29) is 11.8 Å². The van der Waals surface area contributed by atoms with Gasteiger partial charge in [-0.15, -0.1) is 0 Å². The molecule has 1 aliphatic rings. The molecule has 4 nitrogen and oxygen atoms in total. The van der Waals surface area contributed by atoms with E-state index < -0.39 is 0 Å². The van der Waals surface area contributed by atoms with Crippen LogP contribution in [0.15, 0.2) is 59.8 Å². The normalized spacial score (nSPS) is 16.9. The van der Waals surface area contributed by atoms with Crippen molar-refractivity contribution in [2.75, 3.05) is 5.32 Å². The maximum absolute atomic E-state index is 12.4. The molecule has 1 N–H and O–H groups in total. The van der Waals surface area contributed by atoms with E-state index in [1.54, 1.807) is 6.92 Å². The fourth-order valence-corrected chi connectivity index (χ4v) is 3.51. The summed E-state index contributed by atoms with van der Waals surface area (Å²) in [6.07, 6.45) is 0. The van der Waals surface area contributed by atoms with Crippen molar-refractivity contribution in [2.24, 2.45) is 0 Å². The molecule has 0 spiro atoms. The maximum atomic E-state index is 12.4. The van der Waals surface area contributed by atoms with Gasteiger partial charge in [0.1, 0.15) is 0 Å². The molecular weight excluding hydrogens is 322 g/mol. The van der Waals surface area contributed by atoms with Gasteiger partial charge in [0.2, 0.25) is 5.95 Å². The number of hydrogen-bond donors (Lipinski definition) is 1. The minimum Gasteiger partial charge on any atom is -0.329 e. The van der Waals surface area contributed by atoms with Crippen molar-refractivity contribution in [1.29, 1.82) is 0 Å². The zero-order valence-corrected chi connectivity index (χ0v) is 14.1. The van der Waals surface area contributed by atoms with Crippen molar-refractivity contribution in [2.45, 2.75) is 19.9 Å². The van der Waals surface area contributed by atoms with Crippen LogP contribution in [0.3, 0.4) is 0 Å². The number of nitrogens with one attached hydrogen (secondary N) is 1. The quantitative estimate of drug-likeness (QED) is 0.745. The summed E-state index contributed by atoms with van der Waals surface area (Å²) in [6.45, 7) is 3.52. The van der Waals surface area contributed by atoms with Crippen LogP contribution < -0.4 is 5.32 Å². The molecule has 24 heavy (non-hydrogen) atoms. The predicted molar refractivity (Wildman–Crippen MR) is 96.3 cm³/mol. The van der Waals surface area contributed by atoms with Crippen molar-refractivity contribution in [3.8, 4) is 0 Å². The average molecular weight is 338 g/mol. The van der Waals surface area contributed by atoms with Crippen LogP contribution in [0.25, 0.3) is 11.0 Å². The summed E-state index contributed by atoms with van der Waals surface area (Å²) in [5.41, 5.74) is 4.48. The fraction of sp³-hybridized carbons (Fsp3) is 0.158. The molecule has 0 unspecified atom stereocenters. The van der Waals surface area contributed by atoms with Gasteiger partial charge < -0.3 is 5.32 Å². The summed E-state index contributed by atoms with van der Waals surface area (Å²) in [7, 11) is 0. The van der Waals surface area contributed by atoms with Gasteiger partial charge in [0.15, 0.2) is 5.78 Å². The Kier molecular flexibility index (Phi) is 3.43. The van der Waals surface area contributed by atoms with Gasteiger partial charge >= 0.3 is 0 Å². The molecule has 2 aromatic carbocycles. The molecule has 1 aromatic heterocycles. The molecule has 0 fully saturated rings. The second-order valence-electron chi connectivity index (χ2n) is 5.97. The molecule has 4 rings (SSSR count). The minimum absolute atomic E-state index is 0.0448. The zero-order valence-electron chi connectivity index (χ0n) is 13.4. The van der Waals surface area contributed by atoms with Crippen molar-refractivity contribution in [3.05, 3.63) is 70.4 Å². The van der Waals surface area contributed by atoms with Crippen LogP contribution in [-0.4, -0.2) is 15.3 Å². The lowest BCUT2D eigenvalue weighted by molar-refractivity contribution is -0.114. The van der Waals surface area contributed by atoms with Crippen LogP contribution in [-0.2, 0) is 4.79 Å². The van der Waals surface area contributed by atoms with Gasteiger partial charge in [0.05, 0.1) is 17.1 Å². The Bertz CT molecular complexity index is 986. The molecule has 0 aliphatic carbocycles. The highest BCUT2D eigenvalue weighted by molar-refractivity contribution is 6.30. The number of carbonyl (C=O) groups is 1. The number of carbonyl (C=O) groups excluding carboxylic acids is 1. The van der Waals surface area contributed by atoms with E-state index >= 15 is 0 Å². The minimum atomic E-state index is -0.219. The summed E-state index contributed by atoms with van der Waals surface area (Å²) < 4.78 is 2.09. The number of imidazole rings is 1. The van der Waals surface area contributed by atoms with Gasteiger partial charge in [-0.25, -0.2) is 4.98 Å². The van der Waals surface area contributed by atoms with Crippen LogP contribution in [0.4, 0.5) is 5.95 Å². The summed E-state index contributed by atoms with van der Waals surface area (Å²) in [5, 5.41) is 3.95. The lowest BCUT2D eigenvalue weighted by atomic mass is 9.92. The Morgan fingerprint density at radius 1 is 1.17 bits per heavy atom. The third-order valence-electron chi connectivity index (χ3n) is 4.40. The zero-order chi connectivity index (χ0) is 16.8. The van der Waals surface area contributed by atoms with E-state index in [0.29, 0.717) is 5.02 Å². The Morgan fingerprint density at radius 2 is 1.88 bits per heavy atom. The number of Topliss-reactive ketones (excluding diaryl/α,β-unsaturated/α-hetero) is 1. The van der Waals surface area contributed by atoms with Crippen molar-refractivity contribution in [1.82, 2.24) is 9.55 Å². The number of ketones is 1. The highest BCUT2D eigenvalue weighted by Crippen LogP contribution is 2.39. The number of benzene rings is 2. The number of hydrogen-bond acceptors (Lipinski definition) is 3. The topological polar surface area (TPSA) is 46.9 Å². The maximum Gasteiger partial charge on any atom is 0.209 e. The van der Waals surface area contributed by atoms with Crippen molar-refractivity contribution < 1.29 is 4.79 Å². The number of halogens is 1. The molecule has 0 bridgehead atoms. The molecule has 1 aliphatic heterocycles. The second-order valence-corrected chi connectivity index (χ2v) is 6.40. The molecule has 0 radical (unpaired) electrons. The molecule has 120 valence electrons.